The molecule has 1 aromatic heterocycles. The van der Waals surface area contributed by atoms with Crippen LogP contribution in [-0.4, -0.2) is 41.9 Å². The number of aromatic nitrogens is 2. The second-order valence-corrected chi connectivity index (χ2v) is 6.75. The predicted octanol–water partition coefficient (Wildman–Crippen LogP) is -0.700. The summed E-state index contributed by atoms with van der Waals surface area (Å²) in [7, 11) is -3.39. The number of primary sulfonamides is 1. The van der Waals surface area contributed by atoms with Crippen LogP contribution in [0.4, 0.5) is 0 Å². The second kappa shape index (κ2) is 6.02. The zero-order chi connectivity index (χ0) is 14.8. The first-order valence-electron chi connectivity index (χ1n) is 6.72. The van der Waals surface area contributed by atoms with Crippen LogP contribution in [0.3, 0.4) is 0 Å². The average molecular weight is 300 g/mol. The summed E-state index contributed by atoms with van der Waals surface area (Å²) in [6, 6.07) is 1.64. The van der Waals surface area contributed by atoms with Crippen molar-refractivity contribution in [3.63, 3.8) is 0 Å². The Hall–Kier alpha value is -1.25. The zero-order valence-electron chi connectivity index (χ0n) is 11.6. The molecule has 0 bridgehead atoms. The first-order chi connectivity index (χ1) is 9.39. The molecule has 112 valence electrons. The Bertz CT molecular complexity index is 639. The van der Waals surface area contributed by atoms with Gasteiger partial charge in [-0.2, -0.15) is 5.10 Å². The monoisotopic (exact) mass is 300 g/mol. The molecule has 0 saturated heterocycles. The van der Waals surface area contributed by atoms with E-state index in [1.807, 2.05) is 6.92 Å². The molecule has 0 unspecified atom stereocenters. The maximum Gasteiger partial charge on any atom is 0.267 e. The van der Waals surface area contributed by atoms with Gasteiger partial charge in [-0.15, -0.1) is 0 Å². The van der Waals surface area contributed by atoms with Gasteiger partial charge in [0.15, 0.2) is 0 Å². The molecule has 1 aromatic rings. The number of nitrogens with zero attached hydrogens (tertiary/aromatic N) is 3. The molecule has 2 rings (SSSR count). The fourth-order valence-corrected chi connectivity index (χ4v) is 2.94. The lowest BCUT2D eigenvalue weighted by atomic mass is 10.1. The molecule has 0 spiro atoms. The molecule has 0 radical (unpaired) electrons. The number of nitrogens with two attached hydrogens (primary N) is 1. The van der Waals surface area contributed by atoms with E-state index < -0.39 is 10.0 Å². The van der Waals surface area contributed by atoms with Gasteiger partial charge in [0, 0.05) is 32.1 Å². The third-order valence-corrected chi connectivity index (χ3v) is 4.28. The van der Waals surface area contributed by atoms with Crippen LogP contribution < -0.4 is 10.7 Å². The molecule has 0 amide bonds. The van der Waals surface area contributed by atoms with Crippen LogP contribution in [-0.2, 0) is 29.5 Å². The van der Waals surface area contributed by atoms with Gasteiger partial charge in [-0.25, -0.2) is 18.2 Å². The lowest BCUT2D eigenvalue weighted by Gasteiger charge is -2.28. The van der Waals surface area contributed by atoms with E-state index in [2.05, 4.69) is 10.00 Å². The van der Waals surface area contributed by atoms with E-state index in [0.717, 1.165) is 24.2 Å². The lowest BCUT2D eigenvalue weighted by molar-refractivity contribution is 0.250. The van der Waals surface area contributed by atoms with Gasteiger partial charge in [0.25, 0.3) is 5.56 Å². The summed E-state index contributed by atoms with van der Waals surface area (Å²) in [5.41, 5.74) is 1.83. The fraction of sp³-hybridized carbons (Fsp3) is 0.667. The molecule has 20 heavy (non-hydrogen) atoms. The zero-order valence-corrected chi connectivity index (χ0v) is 12.4. The largest absolute Gasteiger partial charge is 0.299 e. The van der Waals surface area contributed by atoms with Gasteiger partial charge in [-0.05, 0) is 25.5 Å². The van der Waals surface area contributed by atoms with E-state index >= 15 is 0 Å². The van der Waals surface area contributed by atoms with Crippen molar-refractivity contribution in [3.05, 3.63) is 27.7 Å². The molecule has 1 aliphatic heterocycles. The number of sulfonamides is 1. The normalized spacial score (nSPS) is 16.1. The quantitative estimate of drug-likeness (QED) is 0.775. The van der Waals surface area contributed by atoms with Crippen LogP contribution in [0.5, 0.6) is 0 Å². The minimum Gasteiger partial charge on any atom is -0.299 e. The van der Waals surface area contributed by atoms with E-state index in [9.17, 15) is 13.2 Å². The molecule has 1 aliphatic rings. The molecule has 0 fully saturated rings. The van der Waals surface area contributed by atoms with Gasteiger partial charge in [0.05, 0.1) is 11.4 Å². The summed E-state index contributed by atoms with van der Waals surface area (Å²) in [4.78, 5) is 13.9. The fourth-order valence-electron chi connectivity index (χ4n) is 2.40. The van der Waals surface area contributed by atoms with Gasteiger partial charge in [-0.3, -0.25) is 9.69 Å². The van der Waals surface area contributed by atoms with E-state index in [-0.39, 0.29) is 11.3 Å². The first kappa shape index (κ1) is 15.1. The summed E-state index contributed by atoms with van der Waals surface area (Å²) >= 11 is 0. The Labute approximate surface area is 118 Å². The Morgan fingerprint density at radius 2 is 2.20 bits per heavy atom. The summed E-state index contributed by atoms with van der Waals surface area (Å²) in [5.74, 6) is -0.00790. The summed E-state index contributed by atoms with van der Waals surface area (Å²) < 4.78 is 23.3. The molecule has 0 aliphatic carbocycles. The molecule has 8 heteroatoms. The second-order valence-electron chi connectivity index (χ2n) is 5.02. The Kier molecular flexibility index (Phi) is 4.56. The number of hydrogen-bond donors (Lipinski definition) is 1. The number of rotatable bonds is 5. The van der Waals surface area contributed by atoms with Crippen molar-refractivity contribution in [1.29, 1.82) is 0 Å². The van der Waals surface area contributed by atoms with Crippen molar-refractivity contribution in [1.82, 2.24) is 14.7 Å². The molecule has 0 aromatic carbocycles. The maximum atomic E-state index is 11.8. The molecule has 2 heterocycles. The van der Waals surface area contributed by atoms with E-state index in [0.29, 0.717) is 26.1 Å². The molecular formula is C12H20N4O3S. The topological polar surface area (TPSA) is 98.3 Å². The van der Waals surface area contributed by atoms with E-state index in [1.54, 1.807) is 6.07 Å². The summed E-state index contributed by atoms with van der Waals surface area (Å²) in [6.07, 6.45) is 1.29. The van der Waals surface area contributed by atoms with Crippen LogP contribution in [0.2, 0.25) is 0 Å². The first-order valence-corrected chi connectivity index (χ1v) is 8.43. The summed E-state index contributed by atoms with van der Waals surface area (Å²) in [6.45, 7) is 4.60. The molecular weight excluding hydrogens is 280 g/mol. The average Bonchev–Trinajstić information content (AvgIpc) is 2.36. The third-order valence-electron chi connectivity index (χ3n) is 3.43. The molecule has 2 N–H and O–H groups in total. The highest BCUT2D eigenvalue weighted by Gasteiger charge is 2.19. The Balaban J connectivity index is 2.00. The van der Waals surface area contributed by atoms with Gasteiger partial charge in [0.1, 0.15) is 0 Å². The maximum absolute atomic E-state index is 11.8. The SMILES string of the molecule is CCn1nc2c(cc1=O)CN(CCCS(N)(=O)=O)CC2. The highest BCUT2D eigenvalue weighted by molar-refractivity contribution is 7.89. The van der Waals surface area contributed by atoms with Crippen molar-refractivity contribution >= 4 is 10.0 Å². The smallest absolute Gasteiger partial charge is 0.267 e. The van der Waals surface area contributed by atoms with E-state index in [4.69, 9.17) is 5.14 Å². The predicted molar refractivity (Wildman–Crippen MR) is 75.7 cm³/mol. The number of fused-ring (bicyclic) bond motifs is 1. The number of hydrogen-bond acceptors (Lipinski definition) is 5. The Morgan fingerprint density at radius 1 is 1.45 bits per heavy atom. The van der Waals surface area contributed by atoms with Crippen LogP contribution in [0.1, 0.15) is 24.6 Å². The molecule has 0 atom stereocenters. The Morgan fingerprint density at radius 3 is 2.85 bits per heavy atom. The highest BCUT2D eigenvalue weighted by atomic mass is 32.2. The van der Waals surface area contributed by atoms with Crippen LogP contribution in [0.25, 0.3) is 0 Å². The van der Waals surface area contributed by atoms with Crippen molar-refractivity contribution in [3.8, 4) is 0 Å². The highest BCUT2D eigenvalue weighted by Crippen LogP contribution is 2.15. The summed E-state index contributed by atoms with van der Waals surface area (Å²) in [5, 5.41) is 9.33. The van der Waals surface area contributed by atoms with Gasteiger partial charge >= 0.3 is 0 Å². The van der Waals surface area contributed by atoms with Gasteiger partial charge in [0.2, 0.25) is 10.0 Å². The molecule has 7 nitrogen and oxygen atoms in total. The van der Waals surface area contributed by atoms with Crippen LogP contribution >= 0.6 is 0 Å². The number of aryl methyl sites for hydroxylation is 1. The van der Waals surface area contributed by atoms with Crippen LogP contribution in [0.15, 0.2) is 10.9 Å². The van der Waals surface area contributed by atoms with Crippen molar-refractivity contribution in [2.24, 2.45) is 5.14 Å². The lowest BCUT2D eigenvalue weighted by Crippen LogP contribution is -2.36. The van der Waals surface area contributed by atoms with Gasteiger partial charge in [-0.1, -0.05) is 0 Å². The van der Waals surface area contributed by atoms with Crippen molar-refractivity contribution in [2.75, 3.05) is 18.8 Å². The van der Waals surface area contributed by atoms with Crippen molar-refractivity contribution < 1.29 is 8.42 Å². The third kappa shape index (κ3) is 3.87. The van der Waals surface area contributed by atoms with Crippen molar-refractivity contribution in [2.45, 2.75) is 32.9 Å². The van der Waals surface area contributed by atoms with Crippen LogP contribution in [0, 0.1) is 0 Å². The minimum atomic E-state index is -3.39. The minimum absolute atomic E-state index is 0.00790. The standard InChI is InChI=1S/C12H20N4O3S/c1-2-16-12(17)8-10-9-15(6-4-11(10)14-16)5-3-7-20(13,18)19/h8H,2-7,9H2,1H3,(H2,13,18,19). The molecule has 0 saturated carbocycles. The van der Waals surface area contributed by atoms with E-state index in [1.165, 1.54) is 4.68 Å². The van der Waals surface area contributed by atoms with Gasteiger partial charge < -0.3 is 0 Å².